The molecule has 0 heterocycles. The zero-order valence-electron chi connectivity index (χ0n) is 17.0. The van der Waals surface area contributed by atoms with Crippen LogP contribution in [0.25, 0.3) is 0 Å². The Bertz CT molecular complexity index is 485. The van der Waals surface area contributed by atoms with E-state index < -0.39 is 8.32 Å². The van der Waals surface area contributed by atoms with Gasteiger partial charge in [-0.3, -0.25) is 4.79 Å². The smallest absolute Gasteiger partial charge is 0.202 e. The fourth-order valence-corrected chi connectivity index (χ4v) is 9.40. The minimum Gasteiger partial charge on any atom is -0.402 e. The van der Waals surface area contributed by atoms with Crippen LogP contribution in [0.4, 0.5) is 0 Å². The van der Waals surface area contributed by atoms with Gasteiger partial charge in [0.15, 0.2) is 0 Å². The van der Waals surface area contributed by atoms with Gasteiger partial charge in [-0.1, -0.05) is 72.1 Å². The van der Waals surface area contributed by atoms with Crippen LogP contribution in [0.5, 0.6) is 0 Å². The Morgan fingerprint density at radius 3 is 1.75 bits per heavy atom. The summed E-state index contributed by atoms with van der Waals surface area (Å²) < 4.78 is 6.73. The first-order valence-electron chi connectivity index (χ1n) is 8.98. The molecular formula is C21H36O2Si. The second-order valence-electron chi connectivity index (χ2n) is 7.80. The van der Waals surface area contributed by atoms with Crippen LogP contribution < -0.4 is 0 Å². The van der Waals surface area contributed by atoms with Crippen LogP contribution in [-0.2, 0) is 9.22 Å². The molecule has 136 valence electrons. The van der Waals surface area contributed by atoms with Gasteiger partial charge in [0.2, 0.25) is 8.32 Å². The molecule has 0 fully saturated rings. The normalized spacial score (nSPS) is 16.5. The highest BCUT2D eigenvalue weighted by Crippen LogP contribution is 2.43. The van der Waals surface area contributed by atoms with E-state index in [0.717, 1.165) is 11.9 Å². The minimum absolute atomic E-state index is 0.105. The van der Waals surface area contributed by atoms with Gasteiger partial charge >= 0.3 is 0 Å². The van der Waals surface area contributed by atoms with E-state index in [9.17, 15) is 4.79 Å². The maximum absolute atomic E-state index is 10.8. The second kappa shape index (κ2) is 10.0. The molecule has 0 aliphatic rings. The number of hydrogen-bond acceptors (Lipinski definition) is 2. The second-order valence-corrected chi connectivity index (χ2v) is 13.2. The van der Waals surface area contributed by atoms with Gasteiger partial charge in [-0.2, -0.15) is 0 Å². The summed E-state index contributed by atoms with van der Waals surface area (Å²) in [4.78, 5) is 10.8. The Labute approximate surface area is 150 Å². The lowest BCUT2D eigenvalue weighted by atomic mass is 10.0. The molecule has 24 heavy (non-hydrogen) atoms. The number of allylic oxidation sites excluding steroid dienone is 3. The van der Waals surface area contributed by atoms with Gasteiger partial charge in [-0.05, 0) is 36.0 Å². The molecule has 0 N–H and O–H groups in total. The number of hydrogen-bond donors (Lipinski definition) is 0. The molecule has 0 rings (SSSR count). The Morgan fingerprint density at radius 1 is 0.958 bits per heavy atom. The van der Waals surface area contributed by atoms with Crippen molar-refractivity contribution in [1.82, 2.24) is 0 Å². The molecule has 0 amide bonds. The van der Waals surface area contributed by atoms with Gasteiger partial charge in [0.05, 0.1) is 0 Å². The topological polar surface area (TPSA) is 26.3 Å². The van der Waals surface area contributed by atoms with E-state index in [2.05, 4.69) is 60.5 Å². The first-order chi connectivity index (χ1) is 11.0. The third-order valence-corrected chi connectivity index (χ3v) is 10.9. The summed E-state index contributed by atoms with van der Waals surface area (Å²) in [6.07, 6.45) is 10.5. The number of carbonyl (C=O) groups is 1. The number of carbonyl (C=O) groups excluding carboxylic acids is 1. The average molecular weight is 349 g/mol. The Balaban J connectivity index is 5.58. The van der Waals surface area contributed by atoms with Crippen molar-refractivity contribution >= 4 is 14.6 Å². The van der Waals surface area contributed by atoms with E-state index in [1.165, 1.54) is 0 Å². The predicted molar refractivity (Wildman–Crippen MR) is 107 cm³/mol. The fourth-order valence-electron chi connectivity index (χ4n) is 3.86. The van der Waals surface area contributed by atoms with Gasteiger partial charge in [-0.25, -0.2) is 0 Å². The maximum atomic E-state index is 10.8. The van der Waals surface area contributed by atoms with E-state index in [1.54, 1.807) is 6.92 Å². The van der Waals surface area contributed by atoms with Crippen LogP contribution in [-0.4, -0.2) is 20.7 Å². The number of terminal acetylenes is 1. The fraction of sp³-hybridized carbons (Fsp3) is 0.667. The standard InChI is InChI=1S/C21H36O2Si/c1-11-21(20(10)13-18(8)12-19(9)14-22)23-24(15(2)3,16(4)5)17(6)7/h1,12-17,20-21H,2-10H3/b18-13+,19-12+/t20-,21-/m1/s1. The van der Waals surface area contributed by atoms with Crippen molar-refractivity contribution < 1.29 is 9.22 Å². The Morgan fingerprint density at radius 2 is 1.42 bits per heavy atom. The molecule has 2 nitrogen and oxygen atoms in total. The Hall–Kier alpha value is -1.11. The molecule has 2 atom stereocenters. The van der Waals surface area contributed by atoms with Crippen molar-refractivity contribution in [2.45, 2.75) is 85.0 Å². The molecular weight excluding hydrogens is 312 g/mol. The lowest BCUT2D eigenvalue weighted by molar-refractivity contribution is -0.104. The van der Waals surface area contributed by atoms with E-state index in [1.807, 2.05) is 13.0 Å². The van der Waals surface area contributed by atoms with E-state index in [-0.39, 0.29) is 12.0 Å². The maximum Gasteiger partial charge on any atom is 0.202 e. The zero-order valence-corrected chi connectivity index (χ0v) is 18.0. The number of rotatable bonds is 9. The number of aldehydes is 1. The van der Waals surface area contributed by atoms with Crippen molar-refractivity contribution in [3.8, 4) is 12.3 Å². The summed E-state index contributed by atoms with van der Waals surface area (Å²) in [7, 11) is -2.01. The SMILES string of the molecule is C#C[C@@H](O[Si](C(C)C)(C(C)C)C(C)C)[C@H](C)/C=C(C)/C=C(\C)C=O. The van der Waals surface area contributed by atoms with E-state index in [0.29, 0.717) is 22.2 Å². The van der Waals surface area contributed by atoms with Crippen molar-refractivity contribution in [1.29, 1.82) is 0 Å². The molecule has 0 radical (unpaired) electrons. The Kier molecular flexibility index (Phi) is 9.54. The van der Waals surface area contributed by atoms with Gasteiger partial charge in [0.25, 0.3) is 0 Å². The first-order valence-corrected chi connectivity index (χ1v) is 11.1. The van der Waals surface area contributed by atoms with Gasteiger partial charge in [0.1, 0.15) is 12.4 Å². The highest BCUT2D eigenvalue weighted by atomic mass is 28.4. The largest absolute Gasteiger partial charge is 0.402 e. The van der Waals surface area contributed by atoms with Crippen LogP contribution in [0, 0.1) is 18.3 Å². The van der Waals surface area contributed by atoms with Crippen molar-refractivity contribution in [2.24, 2.45) is 5.92 Å². The molecule has 0 spiro atoms. The molecule has 3 heteroatoms. The highest BCUT2D eigenvalue weighted by Gasteiger charge is 2.46. The molecule has 0 aliphatic heterocycles. The van der Waals surface area contributed by atoms with E-state index >= 15 is 0 Å². The van der Waals surface area contributed by atoms with Crippen LogP contribution in [0.3, 0.4) is 0 Å². The lowest BCUT2D eigenvalue weighted by Gasteiger charge is -2.44. The minimum atomic E-state index is -2.01. The predicted octanol–water partition coefficient (Wildman–Crippen LogP) is 5.91. The molecule has 0 aromatic heterocycles. The molecule has 0 bridgehead atoms. The quantitative estimate of drug-likeness (QED) is 0.170. The van der Waals surface area contributed by atoms with E-state index in [4.69, 9.17) is 10.8 Å². The third kappa shape index (κ3) is 5.75. The zero-order chi connectivity index (χ0) is 19.1. The molecule has 0 aromatic rings. The average Bonchev–Trinajstić information content (AvgIpc) is 2.46. The molecule has 0 aliphatic carbocycles. The van der Waals surface area contributed by atoms with Crippen LogP contribution >= 0.6 is 0 Å². The van der Waals surface area contributed by atoms with Crippen molar-refractivity contribution in [3.63, 3.8) is 0 Å². The van der Waals surface area contributed by atoms with Gasteiger partial charge < -0.3 is 4.43 Å². The molecule has 0 aromatic carbocycles. The third-order valence-electron chi connectivity index (χ3n) is 4.85. The van der Waals surface area contributed by atoms with Gasteiger partial charge in [0, 0.05) is 5.92 Å². The van der Waals surface area contributed by atoms with Crippen LogP contribution in [0.1, 0.15) is 62.3 Å². The lowest BCUT2D eigenvalue weighted by Crippen LogP contribution is -2.50. The monoisotopic (exact) mass is 348 g/mol. The molecule has 0 saturated carbocycles. The van der Waals surface area contributed by atoms with Crippen molar-refractivity contribution in [3.05, 3.63) is 23.3 Å². The summed E-state index contributed by atoms with van der Waals surface area (Å²) >= 11 is 0. The summed E-state index contributed by atoms with van der Waals surface area (Å²) in [6.45, 7) is 19.5. The molecule has 0 unspecified atom stereocenters. The summed E-state index contributed by atoms with van der Waals surface area (Å²) in [5.41, 5.74) is 3.26. The van der Waals surface area contributed by atoms with Crippen LogP contribution in [0.2, 0.25) is 16.6 Å². The molecule has 0 saturated heterocycles. The highest BCUT2D eigenvalue weighted by molar-refractivity contribution is 6.77. The van der Waals surface area contributed by atoms with Crippen LogP contribution in [0.15, 0.2) is 23.3 Å². The summed E-state index contributed by atoms with van der Waals surface area (Å²) in [5.74, 6) is 2.98. The van der Waals surface area contributed by atoms with Gasteiger partial charge in [-0.15, -0.1) is 6.42 Å². The summed E-state index contributed by atoms with van der Waals surface area (Å²) in [6, 6.07) is 0. The summed E-state index contributed by atoms with van der Waals surface area (Å²) in [5, 5.41) is 0. The first kappa shape index (κ1) is 22.9. The van der Waals surface area contributed by atoms with Crippen molar-refractivity contribution in [2.75, 3.05) is 0 Å².